The third kappa shape index (κ3) is 2.97. The van der Waals surface area contributed by atoms with Crippen LogP contribution < -0.4 is 16.8 Å². The number of urea groups is 1. The third-order valence-electron chi connectivity index (χ3n) is 3.09. The van der Waals surface area contributed by atoms with Gasteiger partial charge in [-0.25, -0.2) is 4.79 Å². The van der Waals surface area contributed by atoms with Crippen molar-refractivity contribution in [1.82, 2.24) is 4.98 Å². The first-order valence-electron chi connectivity index (χ1n) is 6.34. The van der Waals surface area contributed by atoms with E-state index in [-0.39, 0.29) is 17.1 Å². The Morgan fingerprint density at radius 3 is 2.57 bits per heavy atom. The molecule has 7 N–H and O–H groups in total. The van der Waals surface area contributed by atoms with Crippen LogP contribution in [-0.2, 0) is 6.42 Å². The number of primary amides is 2. The minimum atomic E-state index is -0.822. The normalized spacial score (nSPS) is 10.3. The zero-order valence-electron chi connectivity index (χ0n) is 11.4. The number of hydrogen-bond acceptors (Lipinski definition) is 3. The molecule has 3 amide bonds. The van der Waals surface area contributed by atoms with Gasteiger partial charge in [0, 0.05) is 5.56 Å². The van der Waals surface area contributed by atoms with Gasteiger partial charge in [-0.2, -0.15) is 0 Å². The highest BCUT2D eigenvalue weighted by molar-refractivity contribution is 6.03. The molecule has 1 heterocycles. The van der Waals surface area contributed by atoms with Gasteiger partial charge in [-0.1, -0.05) is 13.0 Å². The molecular formula is C14H16N4O3. The molecule has 7 nitrogen and oxygen atoms in total. The summed E-state index contributed by atoms with van der Waals surface area (Å²) >= 11 is 0. The van der Waals surface area contributed by atoms with Crippen LogP contribution >= 0.6 is 0 Å². The second kappa shape index (κ2) is 5.58. The van der Waals surface area contributed by atoms with Crippen molar-refractivity contribution < 1.29 is 14.7 Å². The number of aromatic hydroxyl groups is 1. The molecule has 110 valence electrons. The molecule has 0 radical (unpaired) electrons. The average Bonchev–Trinajstić information content (AvgIpc) is 2.82. The molecule has 0 aliphatic heterocycles. The fraction of sp³-hybridized carbons (Fsp3) is 0.143. The number of aromatic nitrogens is 1. The summed E-state index contributed by atoms with van der Waals surface area (Å²) in [7, 11) is 0. The van der Waals surface area contributed by atoms with Crippen LogP contribution in [0.25, 0.3) is 11.3 Å². The lowest BCUT2D eigenvalue weighted by Gasteiger charge is -2.05. The van der Waals surface area contributed by atoms with Gasteiger partial charge < -0.3 is 21.6 Å². The van der Waals surface area contributed by atoms with Crippen molar-refractivity contribution in [3.05, 3.63) is 35.4 Å². The molecule has 0 saturated carbocycles. The Bertz CT molecular complexity index is 706. The van der Waals surface area contributed by atoms with Crippen LogP contribution in [0.2, 0.25) is 0 Å². The van der Waals surface area contributed by atoms with Gasteiger partial charge in [0.25, 0.3) is 5.91 Å². The Labute approximate surface area is 121 Å². The maximum Gasteiger partial charge on any atom is 0.317 e. The van der Waals surface area contributed by atoms with Gasteiger partial charge in [0.15, 0.2) is 0 Å². The second-order valence-corrected chi connectivity index (χ2v) is 4.53. The van der Waals surface area contributed by atoms with Crippen LogP contribution in [0, 0.1) is 0 Å². The van der Waals surface area contributed by atoms with Crippen molar-refractivity contribution in [1.29, 1.82) is 0 Å². The van der Waals surface area contributed by atoms with E-state index in [1.54, 1.807) is 18.2 Å². The summed E-state index contributed by atoms with van der Waals surface area (Å²) in [4.78, 5) is 25.2. The molecule has 0 fully saturated rings. The number of aryl methyl sites for hydroxylation is 1. The minimum Gasteiger partial charge on any atom is -0.507 e. The highest BCUT2D eigenvalue weighted by atomic mass is 16.3. The molecule has 2 rings (SSSR count). The van der Waals surface area contributed by atoms with E-state index in [4.69, 9.17) is 11.5 Å². The fourth-order valence-electron chi connectivity index (χ4n) is 2.03. The van der Waals surface area contributed by atoms with Gasteiger partial charge in [0.1, 0.15) is 11.6 Å². The van der Waals surface area contributed by atoms with Gasteiger partial charge in [-0.05, 0) is 30.2 Å². The molecule has 7 heteroatoms. The minimum absolute atomic E-state index is 0.0510. The third-order valence-corrected chi connectivity index (χ3v) is 3.09. The molecule has 0 spiro atoms. The lowest BCUT2D eigenvalue weighted by molar-refractivity contribution is 0.100. The van der Waals surface area contributed by atoms with E-state index in [0.29, 0.717) is 11.3 Å². The van der Waals surface area contributed by atoms with E-state index >= 15 is 0 Å². The number of rotatable bonds is 4. The number of aromatic amines is 1. The number of anilines is 1. The van der Waals surface area contributed by atoms with Crippen molar-refractivity contribution >= 4 is 17.8 Å². The first-order chi connectivity index (χ1) is 9.92. The first kappa shape index (κ1) is 14.4. The number of nitrogens with two attached hydrogens (primary N) is 2. The van der Waals surface area contributed by atoms with Crippen LogP contribution in [-0.4, -0.2) is 22.0 Å². The Kier molecular flexibility index (Phi) is 3.84. The molecule has 0 atom stereocenters. The molecule has 0 saturated heterocycles. The Morgan fingerprint density at radius 1 is 1.29 bits per heavy atom. The standard InChI is InChI=1S/C14H16N4O3/c1-2-7-3-4-11(19)8(5-7)10-6-9(12(15)20)13(17-10)18-14(16)21/h3-6,17,19H,2H2,1H3,(H2,15,20)(H3,16,18,21). The van der Waals surface area contributed by atoms with E-state index in [9.17, 15) is 14.7 Å². The van der Waals surface area contributed by atoms with Crippen LogP contribution in [0.1, 0.15) is 22.8 Å². The first-order valence-corrected chi connectivity index (χ1v) is 6.34. The SMILES string of the molecule is CCc1ccc(O)c(-c2cc(C(N)=O)c(NC(N)=O)[nH]2)c1. The van der Waals surface area contributed by atoms with Crippen molar-refractivity contribution in [2.24, 2.45) is 11.5 Å². The quantitative estimate of drug-likeness (QED) is 0.584. The van der Waals surface area contributed by atoms with Gasteiger partial charge in [-0.15, -0.1) is 0 Å². The Hall–Kier alpha value is -2.96. The summed E-state index contributed by atoms with van der Waals surface area (Å²) in [6.45, 7) is 1.99. The molecule has 0 bridgehead atoms. The maximum atomic E-state index is 11.4. The lowest BCUT2D eigenvalue weighted by atomic mass is 10.0. The summed E-state index contributed by atoms with van der Waals surface area (Å²) in [6.07, 6.45) is 0.795. The topological polar surface area (TPSA) is 134 Å². The van der Waals surface area contributed by atoms with Crippen LogP contribution in [0.15, 0.2) is 24.3 Å². The van der Waals surface area contributed by atoms with Crippen LogP contribution in [0.5, 0.6) is 5.75 Å². The summed E-state index contributed by atoms with van der Waals surface area (Å²) in [5.41, 5.74) is 12.4. The van der Waals surface area contributed by atoms with E-state index in [0.717, 1.165) is 12.0 Å². The number of carbonyl (C=O) groups excluding carboxylic acids is 2. The van der Waals surface area contributed by atoms with Crippen LogP contribution in [0.4, 0.5) is 10.6 Å². The number of hydrogen-bond donors (Lipinski definition) is 5. The molecule has 0 aliphatic carbocycles. The second-order valence-electron chi connectivity index (χ2n) is 4.53. The van der Waals surface area contributed by atoms with Gasteiger partial charge in [0.05, 0.1) is 11.3 Å². The number of benzene rings is 1. The van der Waals surface area contributed by atoms with Crippen molar-refractivity contribution in [3.63, 3.8) is 0 Å². The number of amides is 3. The molecule has 1 aromatic carbocycles. The monoisotopic (exact) mass is 288 g/mol. The highest BCUT2D eigenvalue weighted by Crippen LogP contribution is 2.32. The van der Waals surface area contributed by atoms with Gasteiger partial charge in [0.2, 0.25) is 0 Å². The molecule has 1 aromatic heterocycles. The Morgan fingerprint density at radius 2 is 2.00 bits per heavy atom. The summed E-state index contributed by atoms with van der Waals surface area (Å²) in [5, 5.41) is 12.3. The van der Waals surface area contributed by atoms with Crippen molar-refractivity contribution in [2.75, 3.05) is 5.32 Å². The smallest absolute Gasteiger partial charge is 0.317 e. The predicted octanol–water partition coefficient (Wildman–Crippen LogP) is 1.54. The zero-order chi connectivity index (χ0) is 15.6. The van der Waals surface area contributed by atoms with Gasteiger partial charge in [-0.3, -0.25) is 10.1 Å². The number of phenolic OH excluding ortho intramolecular Hbond substituents is 1. The largest absolute Gasteiger partial charge is 0.507 e. The van der Waals surface area contributed by atoms with Crippen molar-refractivity contribution in [3.8, 4) is 17.0 Å². The molecular weight excluding hydrogens is 272 g/mol. The molecule has 2 aromatic rings. The summed E-state index contributed by atoms with van der Waals surface area (Å²) in [6, 6.07) is 5.80. The number of H-pyrrole nitrogens is 1. The van der Waals surface area contributed by atoms with E-state index in [2.05, 4.69) is 10.3 Å². The molecule has 0 unspecified atom stereocenters. The average molecular weight is 288 g/mol. The summed E-state index contributed by atoms with van der Waals surface area (Å²) in [5.74, 6) is -0.561. The summed E-state index contributed by atoms with van der Waals surface area (Å²) < 4.78 is 0. The van der Waals surface area contributed by atoms with Crippen LogP contribution in [0.3, 0.4) is 0 Å². The van der Waals surface area contributed by atoms with Gasteiger partial charge >= 0.3 is 6.03 Å². The van der Waals surface area contributed by atoms with E-state index in [1.165, 1.54) is 6.07 Å². The van der Waals surface area contributed by atoms with E-state index in [1.807, 2.05) is 6.92 Å². The number of carbonyl (C=O) groups is 2. The number of nitrogens with one attached hydrogen (secondary N) is 2. The lowest BCUT2D eigenvalue weighted by Crippen LogP contribution is -2.22. The van der Waals surface area contributed by atoms with E-state index < -0.39 is 11.9 Å². The number of phenols is 1. The predicted molar refractivity (Wildman–Crippen MR) is 79.0 cm³/mol. The fourth-order valence-corrected chi connectivity index (χ4v) is 2.03. The maximum absolute atomic E-state index is 11.4. The van der Waals surface area contributed by atoms with Crippen molar-refractivity contribution in [2.45, 2.75) is 13.3 Å². The molecule has 0 aliphatic rings. The zero-order valence-corrected chi connectivity index (χ0v) is 11.4. The molecule has 21 heavy (non-hydrogen) atoms. The Balaban J connectivity index is 2.54. The highest BCUT2D eigenvalue weighted by Gasteiger charge is 2.17.